The van der Waals surface area contributed by atoms with E-state index in [0.717, 1.165) is 18.9 Å². The average Bonchev–Trinajstić information content (AvgIpc) is 3.02. The molecular formula is C14H15ClFN9. The van der Waals surface area contributed by atoms with Gasteiger partial charge in [0.1, 0.15) is 5.82 Å². The molecule has 0 radical (unpaired) electrons. The molecule has 3 heterocycles. The maximum atomic E-state index is 12.9. The summed E-state index contributed by atoms with van der Waals surface area (Å²) in [6, 6.07) is -0.355. The molecule has 2 N–H and O–H groups in total. The highest BCUT2D eigenvalue weighted by molar-refractivity contribution is 6.28. The van der Waals surface area contributed by atoms with Crippen LogP contribution in [0.2, 0.25) is 5.28 Å². The third-order valence-corrected chi connectivity index (χ3v) is 3.39. The van der Waals surface area contributed by atoms with E-state index < -0.39 is 5.82 Å². The third kappa shape index (κ3) is 4.35. The van der Waals surface area contributed by atoms with Gasteiger partial charge in [0.25, 0.3) is 0 Å². The van der Waals surface area contributed by atoms with E-state index in [-0.39, 0.29) is 23.2 Å². The van der Waals surface area contributed by atoms with Crippen LogP contribution in [0.1, 0.15) is 25.7 Å². The van der Waals surface area contributed by atoms with E-state index in [1.54, 1.807) is 13.3 Å². The highest BCUT2D eigenvalue weighted by atomic mass is 35.5. The Hall–Kier alpha value is -2.88. The second-order valence-corrected chi connectivity index (χ2v) is 5.43. The summed E-state index contributed by atoms with van der Waals surface area (Å²) in [5, 5.41) is 5.98. The van der Waals surface area contributed by atoms with Gasteiger partial charge in [-0.15, -0.1) is 0 Å². The highest BCUT2D eigenvalue weighted by Crippen LogP contribution is 2.17. The van der Waals surface area contributed by atoms with Crippen LogP contribution in [0.25, 0.3) is 0 Å². The van der Waals surface area contributed by atoms with Crippen molar-refractivity contribution in [3.05, 3.63) is 41.8 Å². The van der Waals surface area contributed by atoms with Crippen LogP contribution in [0, 0.1) is 5.82 Å². The molecule has 0 saturated carbocycles. The monoisotopic (exact) mass is 363 g/mol. The van der Waals surface area contributed by atoms with Crippen molar-refractivity contribution >= 4 is 29.3 Å². The molecule has 11 heteroatoms. The van der Waals surface area contributed by atoms with E-state index in [4.69, 9.17) is 11.6 Å². The molecule has 0 aliphatic heterocycles. The molecule has 1 unspecified atom stereocenters. The van der Waals surface area contributed by atoms with E-state index in [2.05, 4.69) is 40.5 Å². The Balaban J connectivity index is 1.75. The van der Waals surface area contributed by atoms with Crippen molar-refractivity contribution in [1.82, 2.24) is 34.5 Å². The summed E-state index contributed by atoms with van der Waals surface area (Å²) in [6.45, 7) is 4.60. The van der Waals surface area contributed by atoms with Gasteiger partial charge in [-0.1, -0.05) is 0 Å². The molecule has 0 bridgehead atoms. The van der Waals surface area contributed by atoms with Crippen LogP contribution in [0.4, 0.5) is 22.1 Å². The lowest BCUT2D eigenvalue weighted by Crippen LogP contribution is -2.14. The number of nitrogens with one attached hydrogen (secondary N) is 2. The topological polar surface area (TPSA) is 106 Å². The summed E-state index contributed by atoms with van der Waals surface area (Å²) in [4.78, 5) is 24.3. The number of hydrogen-bond acceptors (Lipinski definition) is 8. The van der Waals surface area contributed by atoms with Crippen LogP contribution < -0.4 is 10.6 Å². The number of hydrogen-bond donors (Lipinski definition) is 2. The minimum absolute atomic E-state index is 0.0159. The van der Waals surface area contributed by atoms with Gasteiger partial charge in [-0.25, -0.2) is 19.3 Å². The van der Waals surface area contributed by atoms with Crippen LogP contribution in [0.3, 0.4) is 0 Å². The number of nitrogens with zero attached hydrogens (tertiary/aromatic N) is 7. The maximum absolute atomic E-state index is 12.9. The van der Waals surface area contributed by atoms with Crippen LogP contribution >= 0.6 is 11.6 Å². The molecule has 3 aromatic heterocycles. The van der Waals surface area contributed by atoms with E-state index >= 15 is 0 Å². The van der Waals surface area contributed by atoms with Crippen LogP contribution in [0.15, 0.2) is 24.9 Å². The van der Waals surface area contributed by atoms with Crippen molar-refractivity contribution in [2.75, 3.05) is 10.6 Å². The summed E-state index contributed by atoms with van der Waals surface area (Å²) in [7, 11) is 0. The van der Waals surface area contributed by atoms with Crippen molar-refractivity contribution in [2.45, 2.75) is 26.4 Å². The molecule has 3 rings (SSSR count). The highest BCUT2D eigenvalue weighted by Gasteiger charge is 2.13. The van der Waals surface area contributed by atoms with Gasteiger partial charge in [-0.3, -0.25) is 0 Å². The van der Waals surface area contributed by atoms with Crippen LogP contribution in [0.5, 0.6) is 0 Å². The smallest absolute Gasteiger partial charge is 0.234 e. The summed E-state index contributed by atoms with van der Waals surface area (Å²) in [5.74, 6) is 0.963. The minimum Gasteiger partial charge on any atom is -0.344 e. The fourth-order valence-electron chi connectivity index (χ4n) is 1.99. The first kappa shape index (κ1) is 17.0. The average molecular weight is 364 g/mol. The van der Waals surface area contributed by atoms with Gasteiger partial charge in [0, 0.05) is 12.7 Å². The first-order valence-electron chi connectivity index (χ1n) is 7.48. The Kier molecular flexibility index (Phi) is 4.98. The van der Waals surface area contributed by atoms with Gasteiger partial charge in [-0.05, 0) is 25.4 Å². The molecular weight excluding hydrogens is 349 g/mol. The van der Waals surface area contributed by atoms with Gasteiger partial charge in [0.2, 0.25) is 17.2 Å². The summed E-state index contributed by atoms with van der Waals surface area (Å²) < 4.78 is 14.8. The summed E-state index contributed by atoms with van der Waals surface area (Å²) >= 11 is 5.95. The Bertz CT molecular complexity index is 852. The number of imidazole rings is 1. The lowest BCUT2D eigenvalue weighted by atomic mass is 10.3. The van der Waals surface area contributed by atoms with Crippen molar-refractivity contribution in [2.24, 2.45) is 0 Å². The predicted molar refractivity (Wildman–Crippen MR) is 90.0 cm³/mol. The van der Waals surface area contributed by atoms with E-state index in [1.165, 1.54) is 0 Å². The Labute approximate surface area is 147 Å². The first-order valence-corrected chi connectivity index (χ1v) is 7.85. The Morgan fingerprint density at radius 2 is 1.88 bits per heavy atom. The second kappa shape index (κ2) is 7.34. The standard InChI is InChI=1S/C14H15ClFN9/c1-3-25-6-10(19-7-25)21-14-23-12(15)22-13(24-14)20-8(2)11-17-4-9(16)5-18-11/h4-8H,3H2,1-2H3,(H2,20,21,22,23,24). The first-order chi connectivity index (χ1) is 12.0. The zero-order valence-electron chi connectivity index (χ0n) is 13.5. The number of rotatable bonds is 6. The molecule has 3 aromatic rings. The molecule has 0 amide bonds. The molecule has 9 nitrogen and oxygen atoms in total. The number of halogens is 2. The molecule has 25 heavy (non-hydrogen) atoms. The maximum Gasteiger partial charge on any atom is 0.234 e. The van der Waals surface area contributed by atoms with Crippen molar-refractivity contribution in [1.29, 1.82) is 0 Å². The van der Waals surface area contributed by atoms with E-state index in [0.29, 0.717) is 11.6 Å². The van der Waals surface area contributed by atoms with Gasteiger partial charge in [0.15, 0.2) is 11.6 Å². The van der Waals surface area contributed by atoms with Crippen molar-refractivity contribution in [3.63, 3.8) is 0 Å². The van der Waals surface area contributed by atoms with Crippen molar-refractivity contribution in [3.8, 4) is 0 Å². The summed E-state index contributed by atoms with van der Waals surface area (Å²) in [5.41, 5.74) is 0. The Morgan fingerprint density at radius 3 is 2.56 bits per heavy atom. The lowest BCUT2D eigenvalue weighted by Gasteiger charge is -2.12. The van der Waals surface area contributed by atoms with Crippen LogP contribution in [-0.4, -0.2) is 34.5 Å². The SMILES string of the molecule is CCn1cnc(Nc2nc(Cl)nc(NC(C)c3ncc(F)cn3)n2)c1. The van der Waals surface area contributed by atoms with Crippen LogP contribution in [-0.2, 0) is 6.54 Å². The quantitative estimate of drug-likeness (QED) is 0.688. The molecule has 130 valence electrons. The molecule has 1 atom stereocenters. The fraction of sp³-hybridized carbons (Fsp3) is 0.286. The lowest BCUT2D eigenvalue weighted by molar-refractivity contribution is 0.604. The predicted octanol–water partition coefficient (Wildman–Crippen LogP) is 2.59. The Morgan fingerprint density at radius 1 is 1.16 bits per heavy atom. The normalized spacial score (nSPS) is 12.0. The molecule has 0 aliphatic rings. The number of anilines is 3. The molecule has 0 aliphatic carbocycles. The van der Waals surface area contributed by atoms with Gasteiger partial charge in [-0.2, -0.15) is 15.0 Å². The van der Waals surface area contributed by atoms with E-state index in [1.807, 2.05) is 17.7 Å². The number of aromatic nitrogens is 7. The van der Waals surface area contributed by atoms with E-state index in [9.17, 15) is 4.39 Å². The third-order valence-electron chi connectivity index (χ3n) is 3.22. The number of aryl methyl sites for hydroxylation is 1. The largest absolute Gasteiger partial charge is 0.344 e. The molecule has 0 spiro atoms. The fourth-order valence-corrected chi connectivity index (χ4v) is 2.15. The molecule has 0 fully saturated rings. The minimum atomic E-state index is -0.503. The zero-order valence-corrected chi connectivity index (χ0v) is 14.2. The van der Waals surface area contributed by atoms with Gasteiger partial charge < -0.3 is 15.2 Å². The van der Waals surface area contributed by atoms with Crippen molar-refractivity contribution < 1.29 is 4.39 Å². The molecule has 0 aromatic carbocycles. The zero-order chi connectivity index (χ0) is 17.8. The van der Waals surface area contributed by atoms with Gasteiger partial charge in [0.05, 0.1) is 24.8 Å². The van der Waals surface area contributed by atoms with Gasteiger partial charge >= 0.3 is 0 Å². The molecule has 0 saturated heterocycles. The summed E-state index contributed by atoms with van der Waals surface area (Å²) in [6.07, 6.45) is 5.70. The second-order valence-electron chi connectivity index (χ2n) is 5.09.